The van der Waals surface area contributed by atoms with Gasteiger partial charge in [0.25, 0.3) is 0 Å². The van der Waals surface area contributed by atoms with Crippen LogP contribution in [0.4, 0.5) is 0 Å². The lowest BCUT2D eigenvalue weighted by atomic mass is 9.70. The lowest BCUT2D eigenvalue weighted by molar-refractivity contribution is 0.189. The van der Waals surface area contributed by atoms with Crippen LogP contribution in [0.2, 0.25) is 0 Å². The molecule has 1 heterocycles. The first-order chi connectivity index (χ1) is 8.67. The minimum atomic E-state index is 0.499. The molecule has 4 heteroatoms. The SMILES string of the molecule is CCn1ncnc1C1CC(C(C)C)CCC1CN. The average Bonchev–Trinajstić information content (AvgIpc) is 2.85. The number of hydrogen-bond donors (Lipinski definition) is 1. The van der Waals surface area contributed by atoms with Gasteiger partial charge in [-0.05, 0) is 50.5 Å². The summed E-state index contributed by atoms with van der Waals surface area (Å²) in [6.07, 6.45) is 5.46. The fraction of sp³-hybridized carbons (Fsp3) is 0.857. The standard InChI is InChI=1S/C14H26N4/c1-4-18-14(16-9-17-18)13-7-11(10(2)3)5-6-12(13)8-15/h9-13H,4-8,15H2,1-3H3. The summed E-state index contributed by atoms with van der Waals surface area (Å²) in [6, 6.07) is 0. The third-order valence-corrected chi connectivity index (χ3v) is 4.56. The zero-order chi connectivity index (χ0) is 13.1. The van der Waals surface area contributed by atoms with Crippen LogP contribution in [-0.4, -0.2) is 21.3 Å². The fourth-order valence-corrected chi connectivity index (χ4v) is 3.27. The second-order valence-corrected chi connectivity index (χ2v) is 5.85. The van der Waals surface area contributed by atoms with Gasteiger partial charge in [0, 0.05) is 12.5 Å². The summed E-state index contributed by atoms with van der Waals surface area (Å²) in [5.41, 5.74) is 5.96. The third-order valence-electron chi connectivity index (χ3n) is 4.56. The van der Waals surface area contributed by atoms with Crippen LogP contribution < -0.4 is 5.73 Å². The zero-order valence-electron chi connectivity index (χ0n) is 11.8. The Labute approximate surface area is 110 Å². The van der Waals surface area contributed by atoms with Crippen molar-refractivity contribution in [1.29, 1.82) is 0 Å². The van der Waals surface area contributed by atoms with Gasteiger partial charge in [-0.15, -0.1) is 0 Å². The van der Waals surface area contributed by atoms with Crippen molar-refractivity contribution in [3.05, 3.63) is 12.2 Å². The molecule has 1 saturated carbocycles. The first kappa shape index (κ1) is 13.5. The molecule has 1 aromatic rings. The molecule has 3 unspecified atom stereocenters. The molecule has 0 bridgehead atoms. The van der Waals surface area contributed by atoms with E-state index < -0.39 is 0 Å². The molecule has 2 N–H and O–H groups in total. The van der Waals surface area contributed by atoms with E-state index in [9.17, 15) is 0 Å². The second kappa shape index (κ2) is 5.83. The van der Waals surface area contributed by atoms with E-state index in [2.05, 4.69) is 30.9 Å². The van der Waals surface area contributed by atoms with E-state index in [-0.39, 0.29) is 0 Å². The molecule has 4 nitrogen and oxygen atoms in total. The van der Waals surface area contributed by atoms with Crippen molar-refractivity contribution < 1.29 is 0 Å². The normalized spacial score (nSPS) is 28.8. The highest BCUT2D eigenvalue weighted by molar-refractivity contribution is 5.02. The van der Waals surface area contributed by atoms with Crippen LogP contribution in [0.5, 0.6) is 0 Å². The van der Waals surface area contributed by atoms with E-state index in [1.54, 1.807) is 6.33 Å². The molecular formula is C14H26N4. The van der Waals surface area contributed by atoms with Gasteiger partial charge in [-0.2, -0.15) is 5.10 Å². The van der Waals surface area contributed by atoms with Crippen LogP contribution in [0.3, 0.4) is 0 Å². The minimum Gasteiger partial charge on any atom is -0.330 e. The Morgan fingerprint density at radius 3 is 2.83 bits per heavy atom. The van der Waals surface area contributed by atoms with E-state index in [0.717, 1.165) is 30.7 Å². The molecule has 0 aliphatic heterocycles. The molecule has 0 aromatic carbocycles. The van der Waals surface area contributed by atoms with Crippen LogP contribution in [0.25, 0.3) is 0 Å². The number of aromatic nitrogens is 3. The molecule has 1 aliphatic carbocycles. The first-order valence-electron chi connectivity index (χ1n) is 7.25. The van der Waals surface area contributed by atoms with Crippen molar-refractivity contribution in [2.24, 2.45) is 23.5 Å². The Kier molecular flexibility index (Phi) is 4.38. The second-order valence-electron chi connectivity index (χ2n) is 5.85. The first-order valence-corrected chi connectivity index (χ1v) is 7.25. The molecule has 102 valence electrons. The van der Waals surface area contributed by atoms with Crippen LogP contribution in [0.15, 0.2) is 6.33 Å². The molecule has 1 aliphatic rings. The van der Waals surface area contributed by atoms with Crippen molar-refractivity contribution >= 4 is 0 Å². The van der Waals surface area contributed by atoms with Gasteiger partial charge >= 0.3 is 0 Å². The molecule has 2 rings (SSSR count). The number of nitrogens with two attached hydrogens (primary N) is 1. The summed E-state index contributed by atoms with van der Waals surface area (Å²) in [7, 11) is 0. The van der Waals surface area contributed by atoms with Gasteiger partial charge in [0.2, 0.25) is 0 Å². The van der Waals surface area contributed by atoms with Crippen LogP contribution >= 0.6 is 0 Å². The molecule has 18 heavy (non-hydrogen) atoms. The highest BCUT2D eigenvalue weighted by Crippen LogP contribution is 2.41. The number of rotatable bonds is 4. The monoisotopic (exact) mass is 250 g/mol. The maximum absolute atomic E-state index is 5.96. The Morgan fingerprint density at radius 2 is 2.22 bits per heavy atom. The van der Waals surface area contributed by atoms with Crippen LogP contribution in [0.1, 0.15) is 51.8 Å². The number of hydrogen-bond acceptors (Lipinski definition) is 3. The zero-order valence-corrected chi connectivity index (χ0v) is 11.8. The highest BCUT2D eigenvalue weighted by atomic mass is 15.3. The van der Waals surface area contributed by atoms with Crippen molar-refractivity contribution in [2.75, 3.05) is 6.54 Å². The lowest BCUT2D eigenvalue weighted by Crippen LogP contribution is -2.32. The predicted octanol–water partition coefficient (Wildman–Crippen LogP) is 2.41. The molecule has 0 radical (unpaired) electrons. The summed E-state index contributed by atoms with van der Waals surface area (Å²) in [4.78, 5) is 4.50. The summed E-state index contributed by atoms with van der Waals surface area (Å²) in [5.74, 6) is 3.79. The van der Waals surface area contributed by atoms with Crippen molar-refractivity contribution in [1.82, 2.24) is 14.8 Å². The van der Waals surface area contributed by atoms with Crippen LogP contribution in [-0.2, 0) is 6.54 Å². The molecule has 0 spiro atoms. The van der Waals surface area contributed by atoms with E-state index in [1.165, 1.54) is 19.3 Å². The average molecular weight is 250 g/mol. The molecular weight excluding hydrogens is 224 g/mol. The molecule has 3 atom stereocenters. The summed E-state index contributed by atoms with van der Waals surface area (Å²) in [5, 5.41) is 4.31. The molecule has 1 fully saturated rings. The Hall–Kier alpha value is -0.900. The van der Waals surface area contributed by atoms with Gasteiger partial charge in [-0.25, -0.2) is 4.98 Å². The van der Waals surface area contributed by atoms with Gasteiger partial charge in [0.1, 0.15) is 12.2 Å². The van der Waals surface area contributed by atoms with Crippen molar-refractivity contribution in [3.8, 4) is 0 Å². The number of aryl methyl sites for hydroxylation is 1. The molecule has 1 aromatic heterocycles. The Morgan fingerprint density at radius 1 is 1.44 bits per heavy atom. The fourth-order valence-electron chi connectivity index (χ4n) is 3.27. The van der Waals surface area contributed by atoms with E-state index in [1.807, 2.05) is 4.68 Å². The predicted molar refractivity (Wildman–Crippen MR) is 73.2 cm³/mol. The molecule has 0 amide bonds. The summed E-state index contributed by atoms with van der Waals surface area (Å²) < 4.78 is 2.04. The van der Waals surface area contributed by atoms with E-state index >= 15 is 0 Å². The minimum absolute atomic E-state index is 0.499. The largest absolute Gasteiger partial charge is 0.330 e. The van der Waals surface area contributed by atoms with E-state index in [4.69, 9.17) is 5.73 Å². The Bertz CT molecular complexity index is 372. The van der Waals surface area contributed by atoms with Gasteiger partial charge in [0.15, 0.2) is 0 Å². The summed E-state index contributed by atoms with van der Waals surface area (Å²) >= 11 is 0. The maximum Gasteiger partial charge on any atom is 0.138 e. The lowest BCUT2D eigenvalue weighted by Gasteiger charge is -2.36. The quantitative estimate of drug-likeness (QED) is 0.892. The van der Waals surface area contributed by atoms with Gasteiger partial charge < -0.3 is 5.73 Å². The highest BCUT2D eigenvalue weighted by Gasteiger charge is 2.34. The molecule has 0 saturated heterocycles. The van der Waals surface area contributed by atoms with Crippen molar-refractivity contribution in [3.63, 3.8) is 0 Å². The van der Waals surface area contributed by atoms with Crippen LogP contribution in [0, 0.1) is 17.8 Å². The topological polar surface area (TPSA) is 56.7 Å². The maximum atomic E-state index is 5.96. The number of nitrogens with zero attached hydrogens (tertiary/aromatic N) is 3. The van der Waals surface area contributed by atoms with Gasteiger partial charge in [-0.1, -0.05) is 13.8 Å². The van der Waals surface area contributed by atoms with Crippen molar-refractivity contribution in [2.45, 2.75) is 52.5 Å². The van der Waals surface area contributed by atoms with Gasteiger partial charge in [0.05, 0.1) is 0 Å². The summed E-state index contributed by atoms with van der Waals surface area (Å²) in [6.45, 7) is 8.45. The van der Waals surface area contributed by atoms with E-state index in [0.29, 0.717) is 11.8 Å². The third kappa shape index (κ3) is 2.58. The Balaban J connectivity index is 2.21. The smallest absolute Gasteiger partial charge is 0.138 e. The van der Waals surface area contributed by atoms with Gasteiger partial charge in [-0.3, -0.25) is 4.68 Å².